The Bertz CT molecular complexity index is 1990. The molecule has 256 valence electrons. The number of hydrogen-bond donors (Lipinski definition) is 2. The van der Waals surface area contributed by atoms with Crippen LogP contribution in [0.3, 0.4) is 0 Å². The molecule has 3 N–H and O–H groups in total. The van der Waals surface area contributed by atoms with Gasteiger partial charge >= 0.3 is 6.01 Å². The Morgan fingerprint density at radius 1 is 1.14 bits per heavy atom. The van der Waals surface area contributed by atoms with Crippen molar-refractivity contribution in [3.8, 4) is 35.5 Å². The van der Waals surface area contributed by atoms with Gasteiger partial charge in [0, 0.05) is 48.6 Å². The van der Waals surface area contributed by atoms with Gasteiger partial charge in [0.2, 0.25) is 5.88 Å². The molecule has 4 aliphatic rings. The van der Waals surface area contributed by atoms with Gasteiger partial charge in [-0.1, -0.05) is 12.0 Å². The van der Waals surface area contributed by atoms with Crippen LogP contribution in [0.15, 0.2) is 24.3 Å². The number of terminal acetylenes is 1. The second-order valence-corrected chi connectivity index (χ2v) is 13.3. The number of ether oxygens (including phenoxy) is 3. The molecule has 4 aromatic rings. The van der Waals surface area contributed by atoms with E-state index in [2.05, 4.69) is 26.3 Å². The number of nitrogens with two attached hydrogens (primary N) is 1. The van der Waals surface area contributed by atoms with Crippen molar-refractivity contribution >= 4 is 33.2 Å². The van der Waals surface area contributed by atoms with Crippen LogP contribution in [0.4, 0.5) is 24.7 Å². The number of rotatable bonds is 7. The molecule has 4 atom stereocenters. The number of pyridine rings is 1. The molecule has 0 amide bonds. The molecule has 2 aromatic heterocycles. The fourth-order valence-electron chi connectivity index (χ4n) is 7.94. The molecule has 3 saturated heterocycles. The van der Waals surface area contributed by atoms with Crippen LogP contribution >= 0.6 is 0 Å². The van der Waals surface area contributed by atoms with Gasteiger partial charge < -0.3 is 29.7 Å². The van der Waals surface area contributed by atoms with E-state index >= 15 is 8.78 Å². The molecule has 49 heavy (non-hydrogen) atoms. The SMILES string of the molecule is C#Cc1c(F)ccc2cc(N)cc(-c3nc4c5c(nc(OC[C@@]67CCCN6C[C@H](F)C7)nc5c3F)N3CC(CNOC)COC[C@H]3CO4)c12. The van der Waals surface area contributed by atoms with E-state index in [1.54, 1.807) is 13.2 Å². The van der Waals surface area contributed by atoms with E-state index < -0.39 is 23.3 Å². The van der Waals surface area contributed by atoms with Gasteiger partial charge in [0.1, 0.15) is 47.6 Å². The highest BCUT2D eigenvalue weighted by molar-refractivity contribution is 6.04. The lowest BCUT2D eigenvalue weighted by Gasteiger charge is -2.32. The predicted molar refractivity (Wildman–Crippen MR) is 177 cm³/mol. The summed E-state index contributed by atoms with van der Waals surface area (Å²) < 4.78 is 65.4. The first-order valence-electron chi connectivity index (χ1n) is 16.4. The molecule has 3 fully saturated rings. The van der Waals surface area contributed by atoms with E-state index in [4.69, 9.17) is 36.2 Å². The zero-order valence-corrected chi connectivity index (χ0v) is 27.0. The molecule has 14 heteroatoms. The number of fused-ring (bicyclic) bond motifs is 4. The highest BCUT2D eigenvalue weighted by atomic mass is 19.1. The third-order valence-electron chi connectivity index (χ3n) is 10.2. The maximum absolute atomic E-state index is 17.2. The molecule has 6 heterocycles. The van der Waals surface area contributed by atoms with E-state index in [0.717, 1.165) is 19.4 Å². The van der Waals surface area contributed by atoms with Gasteiger partial charge in [0.05, 0.1) is 37.5 Å². The Morgan fingerprint density at radius 3 is 2.86 bits per heavy atom. The first-order valence-corrected chi connectivity index (χ1v) is 16.4. The van der Waals surface area contributed by atoms with Gasteiger partial charge in [-0.05, 0) is 43.0 Å². The summed E-state index contributed by atoms with van der Waals surface area (Å²) in [6.45, 7) is 3.20. The normalized spacial score (nSPS) is 25.0. The predicted octanol–water partition coefficient (Wildman–Crippen LogP) is 4.01. The molecular formula is C35H36F3N7O4. The van der Waals surface area contributed by atoms with Gasteiger partial charge in [-0.3, -0.25) is 4.90 Å². The molecule has 1 unspecified atom stereocenters. The second kappa shape index (κ2) is 12.5. The van der Waals surface area contributed by atoms with Gasteiger partial charge in [-0.2, -0.15) is 9.97 Å². The Kier molecular flexibility index (Phi) is 8.10. The number of hydroxylamine groups is 1. The minimum absolute atomic E-state index is 0.0142. The molecule has 0 aliphatic carbocycles. The highest BCUT2D eigenvalue weighted by Gasteiger charge is 2.49. The maximum atomic E-state index is 17.2. The number of nitrogens with one attached hydrogen (secondary N) is 1. The number of aromatic nitrogens is 3. The molecule has 2 aromatic carbocycles. The van der Waals surface area contributed by atoms with Crippen molar-refractivity contribution in [1.82, 2.24) is 25.3 Å². The maximum Gasteiger partial charge on any atom is 0.319 e. The third kappa shape index (κ3) is 5.45. The topological polar surface area (TPSA) is 120 Å². The number of alkyl halides is 1. The Hall–Kier alpha value is -4.42. The van der Waals surface area contributed by atoms with Crippen molar-refractivity contribution in [3.63, 3.8) is 0 Å². The Balaban J connectivity index is 1.32. The number of halogens is 3. The molecule has 0 bridgehead atoms. The lowest BCUT2D eigenvalue weighted by atomic mass is 9.95. The molecular weight excluding hydrogens is 639 g/mol. The van der Waals surface area contributed by atoms with Crippen molar-refractivity contribution in [2.45, 2.75) is 37.0 Å². The van der Waals surface area contributed by atoms with Gasteiger partial charge in [-0.25, -0.2) is 23.6 Å². The summed E-state index contributed by atoms with van der Waals surface area (Å²) in [5.41, 5.74) is 8.89. The Morgan fingerprint density at radius 2 is 2.02 bits per heavy atom. The lowest BCUT2D eigenvalue weighted by Crippen LogP contribution is -2.44. The minimum atomic E-state index is -0.946. The summed E-state index contributed by atoms with van der Waals surface area (Å²) in [5.74, 6) is 1.43. The highest BCUT2D eigenvalue weighted by Crippen LogP contribution is 2.44. The first kappa shape index (κ1) is 31.8. The monoisotopic (exact) mass is 675 g/mol. The quantitative estimate of drug-likeness (QED) is 0.168. The van der Waals surface area contributed by atoms with E-state index in [9.17, 15) is 4.39 Å². The van der Waals surface area contributed by atoms with Crippen LogP contribution in [-0.2, 0) is 9.57 Å². The Labute approximate surface area is 280 Å². The fraction of sp³-hybridized carbons (Fsp3) is 0.457. The second-order valence-electron chi connectivity index (χ2n) is 13.3. The zero-order chi connectivity index (χ0) is 33.9. The van der Waals surface area contributed by atoms with E-state index in [-0.39, 0.29) is 70.2 Å². The van der Waals surface area contributed by atoms with Crippen molar-refractivity contribution in [1.29, 1.82) is 0 Å². The smallest absolute Gasteiger partial charge is 0.319 e. The zero-order valence-electron chi connectivity index (χ0n) is 27.0. The van der Waals surface area contributed by atoms with Gasteiger partial charge in [0.25, 0.3) is 0 Å². The van der Waals surface area contributed by atoms with Crippen LogP contribution in [-0.4, -0.2) is 97.3 Å². The van der Waals surface area contributed by atoms with Crippen molar-refractivity contribution in [2.75, 3.05) is 70.3 Å². The van der Waals surface area contributed by atoms with Crippen LogP contribution in [0.2, 0.25) is 0 Å². The third-order valence-corrected chi connectivity index (χ3v) is 10.2. The van der Waals surface area contributed by atoms with E-state index in [1.165, 1.54) is 18.2 Å². The molecule has 0 radical (unpaired) electrons. The van der Waals surface area contributed by atoms with Crippen molar-refractivity contribution < 1.29 is 32.2 Å². The summed E-state index contributed by atoms with van der Waals surface area (Å²) in [5, 5.41) is 1.07. The number of benzene rings is 2. The van der Waals surface area contributed by atoms with Crippen LogP contribution < -0.4 is 25.6 Å². The van der Waals surface area contributed by atoms with Crippen LogP contribution in [0.5, 0.6) is 11.9 Å². The number of anilines is 2. The average molecular weight is 676 g/mol. The summed E-state index contributed by atoms with van der Waals surface area (Å²) in [4.78, 5) is 23.4. The van der Waals surface area contributed by atoms with Gasteiger partial charge in [-0.15, -0.1) is 6.42 Å². The first-order chi connectivity index (χ1) is 23.8. The summed E-state index contributed by atoms with van der Waals surface area (Å²) in [6, 6.07) is 5.58. The summed E-state index contributed by atoms with van der Waals surface area (Å²) >= 11 is 0. The van der Waals surface area contributed by atoms with Crippen LogP contribution in [0, 0.1) is 29.9 Å². The van der Waals surface area contributed by atoms with E-state index in [0.29, 0.717) is 56.2 Å². The molecule has 4 aliphatic heterocycles. The molecule has 0 saturated carbocycles. The molecule has 0 spiro atoms. The molecule has 11 nitrogen and oxygen atoms in total. The summed E-state index contributed by atoms with van der Waals surface area (Å²) in [7, 11) is 1.55. The van der Waals surface area contributed by atoms with Crippen LogP contribution in [0.25, 0.3) is 32.9 Å². The average Bonchev–Trinajstić information content (AvgIpc) is 3.47. The number of nitrogens with zero attached hydrogens (tertiary/aromatic N) is 5. The molecule has 8 rings (SSSR count). The largest absolute Gasteiger partial charge is 0.475 e. The van der Waals surface area contributed by atoms with E-state index in [1.807, 2.05) is 4.90 Å². The fourth-order valence-corrected chi connectivity index (χ4v) is 7.94. The van der Waals surface area contributed by atoms with Crippen LogP contribution in [0.1, 0.15) is 24.8 Å². The lowest BCUT2D eigenvalue weighted by molar-refractivity contribution is 0.0555. The summed E-state index contributed by atoms with van der Waals surface area (Å²) in [6.07, 6.45) is 6.88. The van der Waals surface area contributed by atoms with Crippen molar-refractivity contribution in [2.24, 2.45) is 5.92 Å². The van der Waals surface area contributed by atoms with Gasteiger partial charge in [0.15, 0.2) is 5.82 Å². The minimum Gasteiger partial charge on any atom is -0.475 e. The number of nitrogen functional groups attached to an aromatic ring is 1. The number of hydrogen-bond acceptors (Lipinski definition) is 11. The van der Waals surface area contributed by atoms with Crippen molar-refractivity contribution in [3.05, 3.63) is 41.5 Å². The standard InChI is InChI=1S/C35H36F3N7O4/c1-3-24-26(37)6-5-20-9-22(39)10-25(27(20)24)30-29(38)31-28-32(43-34(42-31)49-18-35-7-4-8-44(35)14-21(36)11-35)45-13-19(12-40-46-2)15-47-16-23(45)17-48-33(28)41-30/h1,5-6,9-10,19,21,23,40H,4,7-8,11-18,39H2,2H3/t19?,21-,23+,35+/m1/s1.